The maximum atomic E-state index is 13.1. The SMILES string of the molecule is CC/C=C\C/C=C\C/C=C\C/C=C\C/C=C\C/C=C\CCC(=O)OCC(COP(=O)(O)OCC(O)COP(=O)(O)OCC(COC(=O)CCCCCCCCC/C=C\C/C=C\C/C=C\CC)OC(=O)CCCCCCC/C=C\C/C=C\CCC)OC(=O)CCCCCCC/C=C\CCCCCC. The smallest absolute Gasteiger partial charge is 0.462 e. The predicted octanol–water partition coefficient (Wildman–Crippen LogP) is 22.7. The first kappa shape index (κ1) is 96.9. The number of hydrogen-bond donors (Lipinski definition) is 3. The van der Waals surface area contributed by atoms with Gasteiger partial charge in [0.2, 0.25) is 0 Å². The standard InChI is InChI=1S/C83H138O17P2/c1-5-9-13-17-21-25-29-33-35-37-38-40-42-46-48-52-56-60-64-68-81(86)94-74-79(100-83(88)70-66-62-58-54-50-44-32-28-24-20-16-12-8-4)76-98-102(91,92)96-72-77(84)71-95-101(89,90)97-75-78(99-82(87)69-65-61-57-53-49-43-31-27-23-19-15-11-7-3)73-93-80(85)67-63-59-55-51-47-45-41-39-36-34-30-26-22-18-14-10-6-2/h9-10,13-15,19,21-22,25-28,31-36,38,40,46,48,56,60,77-79,84H,5-8,11-12,16-18,20,23-24,29-30,37,39,41-45,47,49-55,57-59,61-76H2,1-4H3,(H,89,90)(H,91,92)/b13-9-,14-10-,19-15-,25-21-,26-22-,31-27-,32-28-,35-33-,36-34-,40-38-,48-46-,60-56-. The van der Waals surface area contributed by atoms with Gasteiger partial charge in [-0.25, -0.2) is 9.13 Å². The van der Waals surface area contributed by atoms with Gasteiger partial charge in [0.25, 0.3) is 0 Å². The molecule has 0 spiro atoms. The van der Waals surface area contributed by atoms with E-state index in [2.05, 4.69) is 155 Å². The van der Waals surface area contributed by atoms with Crippen LogP contribution in [0.2, 0.25) is 0 Å². The second-order valence-electron chi connectivity index (χ2n) is 25.5. The number of ether oxygens (including phenoxy) is 4. The van der Waals surface area contributed by atoms with Crippen LogP contribution >= 0.6 is 15.6 Å². The molecule has 0 fully saturated rings. The molecule has 17 nitrogen and oxygen atoms in total. The zero-order chi connectivity index (χ0) is 74.6. The van der Waals surface area contributed by atoms with E-state index in [9.17, 15) is 43.2 Å². The minimum Gasteiger partial charge on any atom is -0.462 e. The second kappa shape index (κ2) is 74.2. The van der Waals surface area contributed by atoms with E-state index < -0.39 is 97.5 Å². The molecule has 582 valence electrons. The second-order valence-corrected chi connectivity index (χ2v) is 28.4. The predicted molar refractivity (Wildman–Crippen MR) is 417 cm³/mol. The number of unbranched alkanes of at least 4 members (excludes halogenated alkanes) is 22. The Bertz CT molecular complexity index is 2510. The average Bonchev–Trinajstić information content (AvgIpc) is 0.909. The van der Waals surface area contributed by atoms with E-state index in [0.717, 1.165) is 186 Å². The van der Waals surface area contributed by atoms with Crippen LogP contribution in [0, 0.1) is 0 Å². The number of aliphatic hydroxyl groups is 1. The van der Waals surface area contributed by atoms with Gasteiger partial charge in [-0.3, -0.25) is 37.3 Å². The normalized spacial score (nSPS) is 14.7. The molecule has 0 aliphatic heterocycles. The molecule has 5 atom stereocenters. The lowest BCUT2D eigenvalue weighted by atomic mass is 10.1. The molecule has 3 N–H and O–H groups in total. The highest BCUT2D eigenvalue weighted by Gasteiger charge is 2.30. The number of allylic oxidation sites excluding steroid dienone is 24. The van der Waals surface area contributed by atoms with Crippen LogP contribution in [0.25, 0.3) is 0 Å². The number of phosphoric acid groups is 2. The topological polar surface area (TPSA) is 237 Å². The average molecular weight is 1470 g/mol. The van der Waals surface area contributed by atoms with Gasteiger partial charge in [0.15, 0.2) is 12.2 Å². The number of carbonyl (C=O) groups excluding carboxylic acids is 4. The molecule has 102 heavy (non-hydrogen) atoms. The maximum absolute atomic E-state index is 13.1. The van der Waals surface area contributed by atoms with Crippen molar-refractivity contribution in [3.05, 3.63) is 146 Å². The first-order valence-electron chi connectivity index (χ1n) is 39.1. The van der Waals surface area contributed by atoms with Crippen molar-refractivity contribution in [2.45, 2.75) is 316 Å². The molecule has 0 aromatic carbocycles. The van der Waals surface area contributed by atoms with Gasteiger partial charge in [-0.2, -0.15) is 0 Å². The fraction of sp³-hybridized carbons (Fsp3) is 0.663. The molecule has 0 saturated heterocycles. The Morgan fingerprint density at radius 3 is 0.892 bits per heavy atom. The number of carbonyl (C=O) groups is 4. The van der Waals surface area contributed by atoms with Crippen molar-refractivity contribution in [2.24, 2.45) is 0 Å². The van der Waals surface area contributed by atoms with Crippen molar-refractivity contribution in [2.75, 3.05) is 39.6 Å². The number of aliphatic hydroxyl groups excluding tert-OH is 1. The third kappa shape index (κ3) is 73.3. The van der Waals surface area contributed by atoms with Crippen LogP contribution < -0.4 is 0 Å². The van der Waals surface area contributed by atoms with Crippen LogP contribution in [0.1, 0.15) is 297 Å². The molecule has 0 aliphatic carbocycles. The van der Waals surface area contributed by atoms with Gasteiger partial charge in [0, 0.05) is 25.7 Å². The van der Waals surface area contributed by atoms with E-state index in [0.29, 0.717) is 32.1 Å². The molecule has 0 bridgehead atoms. The third-order valence-electron chi connectivity index (χ3n) is 15.8. The van der Waals surface area contributed by atoms with Gasteiger partial charge in [0.1, 0.15) is 19.3 Å². The van der Waals surface area contributed by atoms with Crippen molar-refractivity contribution in [3.63, 3.8) is 0 Å². The first-order chi connectivity index (χ1) is 49.7. The minimum atomic E-state index is -5.00. The molecular formula is C83H138O17P2. The molecule has 0 aromatic heterocycles. The Morgan fingerprint density at radius 1 is 0.284 bits per heavy atom. The molecule has 0 aliphatic rings. The molecule has 0 radical (unpaired) electrons. The molecular weight excluding hydrogens is 1330 g/mol. The Balaban J connectivity index is 5.42. The Morgan fingerprint density at radius 2 is 0.549 bits per heavy atom. The van der Waals surface area contributed by atoms with Gasteiger partial charge in [-0.1, -0.05) is 270 Å². The quantitative estimate of drug-likeness (QED) is 0.0169. The van der Waals surface area contributed by atoms with Crippen molar-refractivity contribution in [1.82, 2.24) is 0 Å². The summed E-state index contributed by atoms with van der Waals surface area (Å²) in [6, 6.07) is 0. The first-order valence-corrected chi connectivity index (χ1v) is 42.1. The molecule has 5 unspecified atom stereocenters. The summed E-state index contributed by atoms with van der Waals surface area (Å²) in [6.45, 7) is 4.44. The van der Waals surface area contributed by atoms with Crippen LogP contribution in [0.4, 0.5) is 0 Å². The fourth-order valence-electron chi connectivity index (χ4n) is 9.88. The third-order valence-corrected chi connectivity index (χ3v) is 17.7. The van der Waals surface area contributed by atoms with E-state index in [1.54, 1.807) is 0 Å². The molecule has 19 heteroatoms. The number of hydrogen-bond acceptors (Lipinski definition) is 15. The lowest BCUT2D eigenvalue weighted by Gasteiger charge is -2.21. The number of esters is 4. The highest BCUT2D eigenvalue weighted by molar-refractivity contribution is 7.47. The zero-order valence-corrected chi connectivity index (χ0v) is 65.3. The highest BCUT2D eigenvalue weighted by Crippen LogP contribution is 2.45. The Labute approximate surface area is 617 Å². The largest absolute Gasteiger partial charge is 0.472 e. The van der Waals surface area contributed by atoms with Crippen molar-refractivity contribution < 1.29 is 80.2 Å². The summed E-state index contributed by atoms with van der Waals surface area (Å²) in [4.78, 5) is 72.9. The van der Waals surface area contributed by atoms with E-state index in [1.165, 1.54) is 25.7 Å². The summed E-state index contributed by atoms with van der Waals surface area (Å²) >= 11 is 0. The Hall–Kier alpha value is -5.06. The van der Waals surface area contributed by atoms with Crippen molar-refractivity contribution in [1.29, 1.82) is 0 Å². The molecule has 0 heterocycles. The van der Waals surface area contributed by atoms with Crippen LogP contribution in [0.15, 0.2) is 146 Å². The lowest BCUT2D eigenvalue weighted by Crippen LogP contribution is -2.30. The van der Waals surface area contributed by atoms with Gasteiger partial charge in [0.05, 0.1) is 26.4 Å². The molecule has 0 saturated carbocycles. The van der Waals surface area contributed by atoms with Crippen LogP contribution in [-0.4, -0.2) is 96.7 Å². The molecule has 0 aromatic rings. The highest BCUT2D eigenvalue weighted by atomic mass is 31.2. The van der Waals surface area contributed by atoms with E-state index in [-0.39, 0.29) is 25.7 Å². The van der Waals surface area contributed by atoms with Gasteiger partial charge in [-0.05, 0) is 148 Å². The summed E-state index contributed by atoms with van der Waals surface area (Å²) in [5, 5.41) is 10.6. The maximum Gasteiger partial charge on any atom is 0.472 e. The molecule has 0 amide bonds. The number of phosphoric ester groups is 2. The summed E-state index contributed by atoms with van der Waals surface area (Å²) in [5.41, 5.74) is 0. The van der Waals surface area contributed by atoms with Gasteiger partial charge >= 0.3 is 39.5 Å². The summed E-state index contributed by atoms with van der Waals surface area (Å²) in [7, 11) is -9.99. The van der Waals surface area contributed by atoms with Gasteiger partial charge in [-0.15, -0.1) is 0 Å². The monoisotopic (exact) mass is 1470 g/mol. The summed E-state index contributed by atoms with van der Waals surface area (Å²) < 4.78 is 68.4. The van der Waals surface area contributed by atoms with Crippen LogP contribution in [0.5, 0.6) is 0 Å². The van der Waals surface area contributed by atoms with E-state index >= 15 is 0 Å². The van der Waals surface area contributed by atoms with Crippen LogP contribution in [0.3, 0.4) is 0 Å². The zero-order valence-electron chi connectivity index (χ0n) is 63.5. The van der Waals surface area contributed by atoms with Crippen molar-refractivity contribution in [3.8, 4) is 0 Å². The van der Waals surface area contributed by atoms with E-state index in [1.807, 2.05) is 18.2 Å². The fourth-order valence-corrected chi connectivity index (χ4v) is 11.5. The number of rotatable bonds is 72. The lowest BCUT2D eigenvalue weighted by molar-refractivity contribution is -0.161. The summed E-state index contributed by atoms with van der Waals surface area (Å²) in [6.07, 6.45) is 84.2. The van der Waals surface area contributed by atoms with Crippen molar-refractivity contribution >= 4 is 39.5 Å². The van der Waals surface area contributed by atoms with E-state index in [4.69, 9.17) is 37.0 Å². The van der Waals surface area contributed by atoms with Gasteiger partial charge < -0.3 is 33.8 Å². The van der Waals surface area contributed by atoms with Crippen LogP contribution in [-0.2, 0) is 65.4 Å². The summed E-state index contributed by atoms with van der Waals surface area (Å²) in [5.74, 6) is -2.31. The minimum absolute atomic E-state index is 0.0311. The molecule has 0 rings (SSSR count). The Kier molecular flexibility index (Phi) is 70.5.